The molecule has 38 heavy (non-hydrogen) atoms. The van der Waals surface area contributed by atoms with Gasteiger partial charge in [-0.3, -0.25) is 4.90 Å². The molecule has 8 nitrogen and oxygen atoms in total. The Morgan fingerprint density at radius 2 is 1.47 bits per heavy atom. The molecule has 1 aliphatic rings. The van der Waals surface area contributed by atoms with E-state index in [1.165, 1.54) is 14.7 Å². The maximum Gasteiger partial charge on any atom is 0.329 e. The van der Waals surface area contributed by atoms with E-state index in [0.29, 0.717) is 17.9 Å². The fourth-order valence-electron chi connectivity index (χ4n) is 4.77. The summed E-state index contributed by atoms with van der Waals surface area (Å²) >= 11 is 1.63. The molecule has 1 atom stereocenters. The summed E-state index contributed by atoms with van der Waals surface area (Å²) in [6.45, 7) is 0.662. The van der Waals surface area contributed by atoms with Gasteiger partial charge in [0.25, 0.3) is 0 Å². The lowest BCUT2D eigenvalue weighted by atomic mass is 10.1. The highest BCUT2D eigenvalue weighted by molar-refractivity contribution is 7.17. The van der Waals surface area contributed by atoms with Gasteiger partial charge in [0.2, 0.25) is 0 Å². The molecule has 1 aliphatic heterocycles. The molecule has 4 amide bonds. The van der Waals surface area contributed by atoms with Gasteiger partial charge in [0.05, 0.1) is 17.9 Å². The van der Waals surface area contributed by atoms with Crippen LogP contribution in [0.3, 0.4) is 0 Å². The molecule has 0 saturated carbocycles. The number of hydrogen-bond donors (Lipinski definition) is 1. The molecule has 2 heterocycles. The van der Waals surface area contributed by atoms with E-state index in [9.17, 15) is 19.5 Å². The monoisotopic (exact) mass is 528 g/mol. The van der Waals surface area contributed by atoms with Crippen molar-refractivity contribution in [3.05, 3.63) is 95.9 Å². The average molecular weight is 529 g/mol. The van der Waals surface area contributed by atoms with Crippen molar-refractivity contribution in [1.82, 2.24) is 14.7 Å². The highest BCUT2D eigenvalue weighted by atomic mass is 32.1. The minimum Gasteiger partial charge on any atom is -0.480 e. The number of nitrogens with zero attached hydrogens (tertiary/aromatic N) is 4. The zero-order valence-corrected chi connectivity index (χ0v) is 21.8. The molecule has 0 unspecified atom stereocenters. The normalized spacial score (nSPS) is 15.3. The summed E-state index contributed by atoms with van der Waals surface area (Å²) in [5, 5.41) is 13.2. The molecule has 1 fully saturated rings. The summed E-state index contributed by atoms with van der Waals surface area (Å²) in [6, 6.07) is 24.4. The van der Waals surface area contributed by atoms with Crippen LogP contribution in [0.1, 0.15) is 5.56 Å². The highest BCUT2D eigenvalue weighted by Crippen LogP contribution is 2.29. The van der Waals surface area contributed by atoms with Crippen LogP contribution >= 0.6 is 11.3 Å². The number of carboxylic acids is 1. The fourth-order valence-corrected chi connectivity index (χ4v) is 5.72. The molecule has 194 valence electrons. The minimum absolute atomic E-state index is 0.0912. The third-order valence-corrected chi connectivity index (χ3v) is 7.71. The molecule has 0 spiro atoms. The Labute approximate surface area is 224 Å². The number of carbonyl (C=O) groups excluding carboxylic acids is 2. The number of carbonyl (C=O) groups is 3. The first-order valence-corrected chi connectivity index (χ1v) is 13.2. The molecule has 4 aromatic rings. The van der Waals surface area contributed by atoms with E-state index in [0.717, 1.165) is 15.6 Å². The molecule has 1 saturated heterocycles. The number of benzene rings is 3. The number of fused-ring (bicyclic) bond motifs is 1. The van der Waals surface area contributed by atoms with E-state index < -0.39 is 18.0 Å². The van der Waals surface area contributed by atoms with Gasteiger partial charge in [0.1, 0.15) is 6.04 Å². The predicted molar refractivity (Wildman–Crippen MR) is 149 cm³/mol. The maximum atomic E-state index is 13.8. The minimum atomic E-state index is -1.18. The van der Waals surface area contributed by atoms with Crippen molar-refractivity contribution in [2.75, 3.05) is 31.6 Å². The van der Waals surface area contributed by atoms with Crippen LogP contribution in [-0.2, 0) is 11.3 Å². The highest BCUT2D eigenvalue weighted by Gasteiger charge is 2.40. The zero-order chi connectivity index (χ0) is 26.6. The standard InChI is InChI=1S/C29H28N4O4S/c1-30(18-21-20-38-26-15-9-8-14-24(21)26)28(36)31-16-17-32(25(19-31)27(34)35)29(37)33(22-10-4-2-5-11-22)23-12-6-3-7-13-23/h2-15,20,25H,16-19H2,1H3,(H,34,35)/t25-/m0/s1. The number of hydrogen-bond acceptors (Lipinski definition) is 4. The van der Waals surface area contributed by atoms with Crippen LogP contribution in [0.4, 0.5) is 21.0 Å². The molecule has 1 N–H and O–H groups in total. The number of piperazine rings is 1. The fraction of sp³-hybridized carbons (Fsp3) is 0.207. The van der Waals surface area contributed by atoms with Crippen molar-refractivity contribution in [2.45, 2.75) is 12.6 Å². The average Bonchev–Trinajstić information content (AvgIpc) is 3.36. The Balaban J connectivity index is 1.34. The van der Waals surface area contributed by atoms with Crippen molar-refractivity contribution in [3.8, 4) is 0 Å². The lowest BCUT2D eigenvalue weighted by molar-refractivity contribution is -0.143. The summed E-state index contributed by atoms with van der Waals surface area (Å²) in [7, 11) is 1.72. The van der Waals surface area contributed by atoms with E-state index >= 15 is 0 Å². The number of thiophene rings is 1. The molecule has 5 rings (SSSR count). The second-order valence-electron chi connectivity index (χ2n) is 9.18. The van der Waals surface area contributed by atoms with Gasteiger partial charge in [0.15, 0.2) is 0 Å². The van der Waals surface area contributed by atoms with Gasteiger partial charge in [-0.2, -0.15) is 0 Å². The number of urea groups is 2. The first kappa shape index (κ1) is 25.3. The number of para-hydroxylation sites is 2. The van der Waals surface area contributed by atoms with Crippen LogP contribution in [-0.4, -0.2) is 70.6 Å². The third-order valence-electron chi connectivity index (χ3n) is 6.70. The Morgan fingerprint density at radius 1 is 0.868 bits per heavy atom. The summed E-state index contributed by atoms with van der Waals surface area (Å²) in [5.41, 5.74) is 2.31. The summed E-state index contributed by atoms with van der Waals surface area (Å²) in [5.74, 6) is -1.15. The SMILES string of the molecule is CN(Cc1csc2ccccc12)C(=O)N1CCN(C(=O)N(c2ccccc2)c2ccccc2)[C@H](C(=O)O)C1. The molecule has 1 aromatic heterocycles. The Kier molecular flexibility index (Phi) is 7.28. The van der Waals surface area contributed by atoms with Crippen LogP contribution in [0.5, 0.6) is 0 Å². The summed E-state index contributed by atoms with van der Waals surface area (Å²) in [6.07, 6.45) is 0. The van der Waals surface area contributed by atoms with Crippen LogP contribution in [0.25, 0.3) is 10.1 Å². The van der Waals surface area contributed by atoms with E-state index in [1.807, 2.05) is 90.3 Å². The molecule has 0 radical (unpaired) electrons. The quantitative estimate of drug-likeness (QED) is 0.372. The topological polar surface area (TPSA) is 84.4 Å². The van der Waals surface area contributed by atoms with Gasteiger partial charge >= 0.3 is 18.0 Å². The van der Waals surface area contributed by atoms with Gasteiger partial charge in [-0.15, -0.1) is 11.3 Å². The number of rotatable bonds is 5. The molecule has 0 bridgehead atoms. The van der Waals surface area contributed by atoms with Crippen molar-refractivity contribution in [3.63, 3.8) is 0 Å². The third kappa shape index (κ3) is 5.05. The second-order valence-corrected chi connectivity index (χ2v) is 10.1. The van der Waals surface area contributed by atoms with E-state index in [1.54, 1.807) is 23.3 Å². The zero-order valence-electron chi connectivity index (χ0n) is 20.9. The van der Waals surface area contributed by atoms with Crippen molar-refractivity contribution in [2.24, 2.45) is 0 Å². The molecular formula is C29H28N4O4S. The Hall–Kier alpha value is -4.37. The van der Waals surface area contributed by atoms with Gasteiger partial charge in [-0.1, -0.05) is 54.6 Å². The number of carboxylic acid groups (broad SMARTS) is 1. The van der Waals surface area contributed by atoms with Crippen LogP contribution in [0, 0.1) is 0 Å². The Bertz CT molecular complexity index is 1400. The lowest BCUT2D eigenvalue weighted by Crippen LogP contribution is -2.62. The van der Waals surface area contributed by atoms with Gasteiger partial charge in [-0.25, -0.2) is 14.4 Å². The first-order chi connectivity index (χ1) is 18.4. The number of aliphatic carboxylic acids is 1. The van der Waals surface area contributed by atoms with E-state index in [-0.39, 0.29) is 25.7 Å². The smallest absolute Gasteiger partial charge is 0.329 e. The van der Waals surface area contributed by atoms with E-state index in [4.69, 9.17) is 0 Å². The molecule has 9 heteroatoms. The van der Waals surface area contributed by atoms with Gasteiger partial charge in [0, 0.05) is 31.4 Å². The lowest BCUT2D eigenvalue weighted by Gasteiger charge is -2.42. The summed E-state index contributed by atoms with van der Waals surface area (Å²) in [4.78, 5) is 45.5. The van der Waals surface area contributed by atoms with Crippen LogP contribution in [0.15, 0.2) is 90.3 Å². The van der Waals surface area contributed by atoms with Crippen molar-refractivity contribution in [1.29, 1.82) is 0 Å². The van der Waals surface area contributed by atoms with Crippen LogP contribution in [0.2, 0.25) is 0 Å². The molecular weight excluding hydrogens is 500 g/mol. The second kappa shape index (κ2) is 10.9. The van der Waals surface area contributed by atoms with Gasteiger partial charge < -0.3 is 19.8 Å². The largest absolute Gasteiger partial charge is 0.480 e. The number of anilines is 2. The Morgan fingerprint density at radius 3 is 2.11 bits per heavy atom. The number of amides is 4. The first-order valence-electron chi connectivity index (χ1n) is 12.3. The molecule has 3 aromatic carbocycles. The van der Waals surface area contributed by atoms with Crippen molar-refractivity contribution >= 4 is 50.8 Å². The maximum absolute atomic E-state index is 13.8. The predicted octanol–water partition coefficient (Wildman–Crippen LogP) is 5.48. The summed E-state index contributed by atoms with van der Waals surface area (Å²) < 4.78 is 1.16. The van der Waals surface area contributed by atoms with Crippen molar-refractivity contribution < 1.29 is 19.5 Å². The van der Waals surface area contributed by atoms with Gasteiger partial charge in [-0.05, 0) is 46.7 Å². The van der Waals surface area contributed by atoms with Crippen LogP contribution < -0.4 is 4.90 Å². The van der Waals surface area contributed by atoms with E-state index in [2.05, 4.69) is 0 Å². The molecule has 0 aliphatic carbocycles.